The molecular formula is C17H14N4O2S. The number of rotatable bonds is 3. The van der Waals surface area contributed by atoms with Crippen LogP contribution in [0.4, 0.5) is 0 Å². The van der Waals surface area contributed by atoms with Crippen LogP contribution in [0.5, 0.6) is 0 Å². The monoisotopic (exact) mass is 338 g/mol. The fraction of sp³-hybridized carbons (Fsp3) is 0.118. The van der Waals surface area contributed by atoms with Crippen molar-refractivity contribution in [3.63, 3.8) is 0 Å². The summed E-state index contributed by atoms with van der Waals surface area (Å²) in [5.41, 5.74) is 4.96. The minimum Gasteiger partial charge on any atom is -0.356 e. The summed E-state index contributed by atoms with van der Waals surface area (Å²) in [5, 5.41) is 9.04. The van der Waals surface area contributed by atoms with Crippen LogP contribution in [0.25, 0.3) is 21.2 Å². The van der Waals surface area contributed by atoms with E-state index in [1.165, 1.54) is 11.3 Å². The van der Waals surface area contributed by atoms with Gasteiger partial charge in [-0.15, -0.1) is 5.10 Å². The maximum absolute atomic E-state index is 12.2. The van der Waals surface area contributed by atoms with Gasteiger partial charge in [0.05, 0.1) is 16.6 Å². The molecule has 0 bridgehead atoms. The first kappa shape index (κ1) is 14.6. The van der Waals surface area contributed by atoms with Crippen LogP contribution < -0.4 is 10.2 Å². The quantitative estimate of drug-likeness (QED) is 0.584. The third kappa shape index (κ3) is 2.59. The molecule has 0 saturated heterocycles. The molecule has 6 nitrogen and oxygen atoms in total. The number of fused-ring (bicyclic) bond motifs is 2. The van der Waals surface area contributed by atoms with Crippen molar-refractivity contribution in [1.29, 1.82) is 0 Å². The highest BCUT2D eigenvalue weighted by Gasteiger charge is 2.11. The SMILES string of the molecule is Cn1/c(=N/NC(=O)Cc2noc3ccccc23)sc2ccccc21. The summed E-state index contributed by atoms with van der Waals surface area (Å²) in [6, 6.07) is 15.5. The molecule has 4 aromatic rings. The minimum absolute atomic E-state index is 0.120. The summed E-state index contributed by atoms with van der Waals surface area (Å²) in [6.45, 7) is 0. The zero-order chi connectivity index (χ0) is 16.5. The average molecular weight is 338 g/mol. The lowest BCUT2D eigenvalue weighted by Crippen LogP contribution is -2.24. The third-order valence-electron chi connectivity index (χ3n) is 3.77. The number of hydrogen-bond donors (Lipinski definition) is 1. The number of benzene rings is 2. The van der Waals surface area contributed by atoms with E-state index in [1.807, 2.05) is 60.1 Å². The first-order chi connectivity index (χ1) is 11.7. The molecule has 0 aliphatic heterocycles. The van der Waals surface area contributed by atoms with E-state index in [1.54, 1.807) is 0 Å². The Morgan fingerprint density at radius 2 is 2.04 bits per heavy atom. The Hall–Kier alpha value is -2.93. The van der Waals surface area contributed by atoms with E-state index in [-0.39, 0.29) is 12.3 Å². The van der Waals surface area contributed by atoms with Crippen molar-refractivity contribution < 1.29 is 9.32 Å². The summed E-state index contributed by atoms with van der Waals surface area (Å²) >= 11 is 1.52. The molecule has 0 fully saturated rings. The first-order valence-electron chi connectivity index (χ1n) is 7.43. The van der Waals surface area contributed by atoms with Gasteiger partial charge in [0, 0.05) is 12.4 Å². The van der Waals surface area contributed by atoms with E-state index >= 15 is 0 Å². The minimum atomic E-state index is -0.230. The molecule has 2 aromatic carbocycles. The molecule has 0 unspecified atom stereocenters. The second-order valence-corrected chi connectivity index (χ2v) is 6.37. The lowest BCUT2D eigenvalue weighted by molar-refractivity contribution is -0.120. The van der Waals surface area contributed by atoms with E-state index in [0.29, 0.717) is 11.3 Å². The Kier molecular flexibility index (Phi) is 3.62. The number of hydrogen-bond acceptors (Lipinski definition) is 5. The van der Waals surface area contributed by atoms with Crippen LogP contribution in [-0.2, 0) is 18.3 Å². The Morgan fingerprint density at radius 3 is 2.92 bits per heavy atom. The first-order valence-corrected chi connectivity index (χ1v) is 8.24. The number of thiazole rings is 1. The summed E-state index contributed by atoms with van der Waals surface area (Å²) in [7, 11) is 1.93. The van der Waals surface area contributed by atoms with Crippen molar-refractivity contribution in [3.8, 4) is 0 Å². The Balaban J connectivity index is 1.56. The smallest absolute Gasteiger partial charge is 0.246 e. The Labute approximate surface area is 141 Å². The van der Waals surface area contributed by atoms with Gasteiger partial charge in [-0.05, 0) is 24.3 Å². The van der Waals surface area contributed by atoms with Crippen LogP contribution in [0.2, 0.25) is 0 Å². The lowest BCUT2D eigenvalue weighted by atomic mass is 10.2. The predicted octanol–water partition coefficient (Wildman–Crippen LogP) is 2.56. The maximum Gasteiger partial charge on any atom is 0.246 e. The molecule has 1 amide bonds. The van der Waals surface area contributed by atoms with Crippen molar-refractivity contribution in [2.75, 3.05) is 0 Å². The summed E-state index contributed by atoms with van der Waals surface area (Å²) < 4.78 is 8.28. The summed E-state index contributed by atoms with van der Waals surface area (Å²) in [5.74, 6) is -0.230. The molecule has 0 spiro atoms. The Bertz CT molecular complexity index is 1110. The van der Waals surface area contributed by atoms with Crippen LogP contribution in [0.1, 0.15) is 5.69 Å². The van der Waals surface area contributed by atoms with Gasteiger partial charge in [-0.2, -0.15) is 0 Å². The van der Waals surface area contributed by atoms with Crippen LogP contribution in [-0.4, -0.2) is 15.6 Å². The highest BCUT2D eigenvalue weighted by Crippen LogP contribution is 2.18. The summed E-state index contributed by atoms with van der Waals surface area (Å²) in [6.07, 6.45) is 0.120. The lowest BCUT2D eigenvalue weighted by Gasteiger charge is -1.97. The number of para-hydroxylation sites is 2. The zero-order valence-electron chi connectivity index (χ0n) is 12.9. The molecule has 1 N–H and O–H groups in total. The van der Waals surface area contributed by atoms with E-state index in [2.05, 4.69) is 15.7 Å². The fourth-order valence-electron chi connectivity index (χ4n) is 2.56. The standard InChI is InChI=1S/C17H14N4O2S/c1-21-13-7-3-5-9-15(13)24-17(21)19-18-16(22)10-12-11-6-2-4-8-14(11)23-20-12/h2-9H,10H2,1H3,(H,18,22)/b19-17-. The second kappa shape index (κ2) is 5.93. The number of aromatic nitrogens is 2. The van der Waals surface area contributed by atoms with E-state index in [0.717, 1.165) is 20.4 Å². The van der Waals surface area contributed by atoms with Gasteiger partial charge in [0.2, 0.25) is 10.7 Å². The topological polar surface area (TPSA) is 72.4 Å². The molecule has 24 heavy (non-hydrogen) atoms. The van der Waals surface area contributed by atoms with Crippen LogP contribution in [0.3, 0.4) is 0 Å². The molecule has 0 aliphatic rings. The molecule has 2 aromatic heterocycles. The van der Waals surface area contributed by atoms with E-state index in [4.69, 9.17) is 4.52 Å². The molecular weight excluding hydrogens is 324 g/mol. The highest BCUT2D eigenvalue weighted by molar-refractivity contribution is 7.16. The number of nitrogens with one attached hydrogen (secondary N) is 1. The van der Waals surface area contributed by atoms with Crippen molar-refractivity contribution in [1.82, 2.24) is 15.1 Å². The van der Waals surface area contributed by atoms with Crippen LogP contribution in [0, 0.1) is 0 Å². The van der Waals surface area contributed by atoms with Gasteiger partial charge in [-0.25, -0.2) is 5.43 Å². The zero-order valence-corrected chi connectivity index (χ0v) is 13.7. The Morgan fingerprint density at radius 1 is 1.25 bits per heavy atom. The van der Waals surface area contributed by atoms with Gasteiger partial charge in [0.15, 0.2) is 5.58 Å². The summed E-state index contributed by atoms with van der Waals surface area (Å²) in [4.78, 5) is 12.9. The molecule has 0 radical (unpaired) electrons. The number of carbonyl (C=O) groups is 1. The van der Waals surface area contributed by atoms with Gasteiger partial charge in [0.1, 0.15) is 5.69 Å². The molecule has 120 valence electrons. The maximum atomic E-state index is 12.2. The number of carbonyl (C=O) groups excluding carboxylic acids is 1. The second-order valence-electron chi connectivity index (χ2n) is 5.36. The van der Waals surface area contributed by atoms with Crippen molar-refractivity contribution in [2.45, 2.75) is 6.42 Å². The van der Waals surface area contributed by atoms with E-state index < -0.39 is 0 Å². The fourth-order valence-corrected chi connectivity index (χ4v) is 3.54. The molecule has 7 heteroatoms. The van der Waals surface area contributed by atoms with Gasteiger partial charge < -0.3 is 9.09 Å². The number of aryl methyl sites for hydroxylation is 1. The van der Waals surface area contributed by atoms with Gasteiger partial charge >= 0.3 is 0 Å². The molecule has 0 saturated carbocycles. The number of amides is 1. The largest absolute Gasteiger partial charge is 0.356 e. The van der Waals surface area contributed by atoms with Crippen LogP contribution in [0.15, 0.2) is 58.2 Å². The highest BCUT2D eigenvalue weighted by atomic mass is 32.1. The number of nitrogens with zero attached hydrogens (tertiary/aromatic N) is 3. The molecule has 0 atom stereocenters. The predicted molar refractivity (Wildman–Crippen MR) is 92.2 cm³/mol. The van der Waals surface area contributed by atoms with Gasteiger partial charge in [0.25, 0.3) is 0 Å². The van der Waals surface area contributed by atoms with Crippen molar-refractivity contribution in [2.24, 2.45) is 12.1 Å². The average Bonchev–Trinajstić information content (AvgIpc) is 3.15. The molecule has 4 rings (SSSR count). The van der Waals surface area contributed by atoms with Crippen LogP contribution >= 0.6 is 11.3 Å². The molecule has 0 aliphatic carbocycles. The normalized spacial score (nSPS) is 12.1. The van der Waals surface area contributed by atoms with Crippen molar-refractivity contribution >= 4 is 38.4 Å². The van der Waals surface area contributed by atoms with E-state index in [9.17, 15) is 4.79 Å². The molecule has 2 heterocycles. The van der Waals surface area contributed by atoms with Crippen molar-refractivity contribution in [3.05, 3.63) is 59.0 Å². The van der Waals surface area contributed by atoms with Gasteiger partial charge in [-0.1, -0.05) is 40.8 Å². The third-order valence-corrected chi connectivity index (χ3v) is 4.88. The van der Waals surface area contributed by atoms with Gasteiger partial charge in [-0.3, -0.25) is 4.79 Å².